The summed E-state index contributed by atoms with van der Waals surface area (Å²) in [4.78, 5) is 5.50. The smallest absolute Gasteiger partial charge is 0.0897 e. The van der Waals surface area contributed by atoms with Crippen LogP contribution in [0.1, 0.15) is 29.3 Å². The van der Waals surface area contributed by atoms with Crippen molar-refractivity contribution in [2.45, 2.75) is 26.3 Å². The van der Waals surface area contributed by atoms with Crippen molar-refractivity contribution in [2.24, 2.45) is 0 Å². The molecule has 0 radical (unpaired) electrons. The molecule has 0 aliphatic heterocycles. The number of aliphatic hydroxyl groups is 1. The third-order valence-corrected chi connectivity index (χ3v) is 3.31. The molecule has 0 aliphatic rings. The molecule has 0 saturated carbocycles. The van der Waals surface area contributed by atoms with Gasteiger partial charge in [-0.25, -0.2) is 4.98 Å². The zero-order valence-corrected chi connectivity index (χ0v) is 10.7. The number of ether oxygens (including phenoxy) is 1. The van der Waals surface area contributed by atoms with Crippen molar-refractivity contribution < 1.29 is 9.84 Å². The first-order chi connectivity index (χ1) is 7.74. The summed E-state index contributed by atoms with van der Waals surface area (Å²) >= 11 is 1.73. The Morgan fingerprint density at radius 3 is 3.00 bits per heavy atom. The highest BCUT2D eigenvalue weighted by Crippen LogP contribution is 2.19. The molecule has 0 fully saturated rings. The van der Waals surface area contributed by atoms with Crippen LogP contribution in [0, 0.1) is 6.92 Å². The molecule has 0 bridgehead atoms. The summed E-state index contributed by atoms with van der Waals surface area (Å²) < 4.78 is 5.17. The lowest BCUT2D eigenvalue weighted by Crippen LogP contribution is -2.20. The molecule has 1 rings (SSSR count). The Labute approximate surface area is 101 Å². The molecular weight excluding hydrogens is 224 g/mol. The fraction of sp³-hybridized carbons (Fsp3) is 0.727. The van der Waals surface area contributed by atoms with Gasteiger partial charge in [-0.3, -0.25) is 0 Å². The van der Waals surface area contributed by atoms with Gasteiger partial charge in [-0.15, -0.1) is 11.3 Å². The maximum Gasteiger partial charge on any atom is 0.0897 e. The summed E-state index contributed by atoms with van der Waals surface area (Å²) in [6, 6.07) is 0.351. The fourth-order valence-electron chi connectivity index (χ4n) is 1.34. The van der Waals surface area contributed by atoms with Gasteiger partial charge in [-0.1, -0.05) is 0 Å². The molecule has 1 atom stereocenters. The predicted octanol–water partition coefficient (Wildman–Crippen LogP) is 1.50. The van der Waals surface area contributed by atoms with E-state index in [-0.39, 0.29) is 6.61 Å². The molecule has 1 unspecified atom stereocenters. The van der Waals surface area contributed by atoms with Gasteiger partial charge in [0.1, 0.15) is 0 Å². The van der Waals surface area contributed by atoms with E-state index in [0.717, 1.165) is 18.0 Å². The standard InChI is InChI=1S/C11H20N2O2S/c1-9(11-8-13-10(2)16-11)12-4-3-6-15-7-5-14/h8-9,12,14H,3-7H2,1-2H3. The summed E-state index contributed by atoms with van der Waals surface area (Å²) in [7, 11) is 0. The van der Waals surface area contributed by atoms with Crippen molar-refractivity contribution in [1.82, 2.24) is 10.3 Å². The number of thiazole rings is 1. The van der Waals surface area contributed by atoms with Crippen LogP contribution in [0.3, 0.4) is 0 Å². The van der Waals surface area contributed by atoms with Crippen molar-refractivity contribution in [2.75, 3.05) is 26.4 Å². The largest absolute Gasteiger partial charge is 0.394 e. The van der Waals surface area contributed by atoms with Crippen LogP contribution in [0.15, 0.2) is 6.20 Å². The lowest BCUT2D eigenvalue weighted by Gasteiger charge is -2.11. The van der Waals surface area contributed by atoms with Crippen molar-refractivity contribution in [1.29, 1.82) is 0 Å². The maximum absolute atomic E-state index is 8.52. The number of rotatable bonds is 8. The lowest BCUT2D eigenvalue weighted by molar-refractivity contribution is 0.0905. The normalized spacial score (nSPS) is 12.9. The van der Waals surface area contributed by atoms with Crippen molar-refractivity contribution in [3.63, 3.8) is 0 Å². The summed E-state index contributed by atoms with van der Waals surface area (Å²) in [6.45, 7) is 6.31. The van der Waals surface area contributed by atoms with Gasteiger partial charge in [-0.2, -0.15) is 0 Å². The van der Waals surface area contributed by atoms with Crippen molar-refractivity contribution >= 4 is 11.3 Å². The molecule has 5 heteroatoms. The fourth-order valence-corrected chi connectivity index (χ4v) is 2.15. The second kappa shape index (κ2) is 7.73. The summed E-state index contributed by atoms with van der Waals surface area (Å²) in [6.07, 6.45) is 2.89. The molecule has 2 N–H and O–H groups in total. The van der Waals surface area contributed by atoms with E-state index in [4.69, 9.17) is 9.84 Å². The van der Waals surface area contributed by atoms with Gasteiger partial charge in [0.25, 0.3) is 0 Å². The van der Waals surface area contributed by atoms with Gasteiger partial charge in [-0.05, 0) is 26.8 Å². The van der Waals surface area contributed by atoms with E-state index in [9.17, 15) is 0 Å². The average Bonchev–Trinajstić information content (AvgIpc) is 2.70. The molecule has 0 aliphatic carbocycles. The Balaban J connectivity index is 2.09. The second-order valence-corrected chi connectivity index (χ2v) is 4.91. The third-order valence-electron chi connectivity index (χ3n) is 2.22. The molecule has 0 saturated heterocycles. The predicted molar refractivity (Wildman–Crippen MR) is 65.8 cm³/mol. The molecule has 1 aromatic heterocycles. The Morgan fingerprint density at radius 1 is 1.56 bits per heavy atom. The lowest BCUT2D eigenvalue weighted by atomic mass is 10.3. The van der Waals surface area contributed by atoms with Crippen LogP contribution >= 0.6 is 11.3 Å². The van der Waals surface area contributed by atoms with Crippen LogP contribution in [0.5, 0.6) is 0 Å². The SMILES string of the molecule is Cc1ncc(C(C)NCCCOCCO)s1. The Bertz CT molecular complexity index is 291. The maximum atomic E-state index is 8.52. The monoisotopic (exact) mass is 244 g/mol. The molecule has 1 heterocycles. The summed E-state index contributed by atoms with van der Waals surface area (Å²) in [5, 5.41) is 13.0. The number of nitrogens with zero attached hydrogens (tertiary/aromatic N) is 1. The van der Waals surface area contributed by atoms with E-state index in [0.29, 0.717) is 19.3 Å². The minimum Gasteiger partial charge on any atom is -0.394 e. The molecule has 1 aromatic rings. The quantitative estimate of drug-likeness (QED) is 0.681. The Morgan fingerprint density at radius 2 is 2.38 bits per heavy atom. The average molecular weight is 244 g/mol. The van der Waals surface area contributed by atoms with Crippen LogP contribution in [-0.4, -0.2) is 36.5 Å². The van der Waals surface area contributed by atoms with Gasteiger partial charge < -0.3 is 15.2 Å². The van der Waals surface area contributed by atoms with Gasteiger partial charge in [0.2, 0.25) is 0 Å². The van der Waals surface area contributed by atoms with E-state index in [2.05, 4.69) is 17.2 Å². The number of aromatic nitrogens is 1. The van der Waals surface area contributed by atoms with Gasteiger partial charge in [0, 0.05) is 23.7 Å². The van der Waals surface area contributed by atoms with E-state index in [1.165, 1.54) is 4.88 Å². The zero-order chi connectivity index (χ0) is 11.8. The molecule has 0 spiro atoms. The summed E-state index contributed by atoms with van der Waals surface area (Å²) in [5.41, 5.74) is 0. The first kappa shape index (κ1) is 13.6. The molecule has 16 heavy (non-hydrogen) atoms. The van der Waals surface area contributed by atoms with E-state index in [1.54, 1.807) is 11.3 Å². The highest BCUT2D eigenvalue weighted by Gasteiger charge is 2.06. The van der Waals surface area contributed by atoms with E-state index < -0.39 is 0 Å². The topological polar surface area (TPSA) is 54.4 Å². The van der Waals surface area contributed by atoms with Crippen LogP contribution in [-0.2, 0) is 4.74 Å². The third kappa shape index (κ3) is 5.03. The summed E-state index contributed by atoms with van der Waals surface area (Å²) in [5.74, 6) is 0. The van der Waals surface area contributed by atoms with Crippen molar-refractivity contribution in [3.8, 4) is 0 Å². The number of nitrogens with one attached hydrogen (secondary N) is 1. The number of hydrogen-bond acceptors (Lipinski definition) is 5. The minimum absolute atomic E-state index is 0.101. The van der Waals surface area contributed by atoms with Gasteiger partial charge >= 0.3 is 0 Å². The van der Waals surface area contributed by atoms with Gasteiger partial charge in [0.05, 0.1) is 18.2 Å². The van der Waals surface area contributed by atoms with Crippen LogP contribution in [0.4, 0.5) is 0 Å². The van der Waals surface area contributed by atoms with E-state index in [1.807, 2.05) is 13.1 Å². The van der Waals surface area contributed by atoms with Crippen molar-refractivity contribution in [3.05, 3.63) is 16.1 Å². The number of hydrogen-bond donors (Lipinski definition) is 2. The molecule has 92 valence electrons. The van der Waals surface area contributed by atoms with Crippen LogP contribution < -0.4 is 5.32 Å². The molecular formula is C11H20N2O2S. The van der Waals surface area contributed by atoms with E-state index >= 15 is 0 Å². The number of aryl methyl sites for hydroxylation is 1. The highest BCUT2D eigenvalue weighted by atomic mass is 32.1. The Hall–Kier alpha value is -0.490. The molecule has 0 amide bonds. The first-order valence-corrected chi connectivity index (χ1v) is 6.40. The molecule has 0 aromatic carbocycles. The second-order valence-electron chi connectivity index (χ2n) is 3.65. The highest BCUT2D eigenvalue weighted by molar-refractivity contribution is 7.11. The van der Waals surface area contributed by atoms with Crippen LogP contribution in [0.2, 0.25) is 0 Å². The minimum atomic E-state index is 0.101. The number of aliphatic hydroxyl groups excluding tert-OH is 1. The first-order valence-electron chi connectivity index (χ1n) is 5.58. The molecule has 4 nitrogen and oxygen atoms in total. The Kier molecular flexibility index (Phi) is 6.56. The van der Waals surface area contributed by atoms with Crippen LogP contribution in [0.25, 0.3) is 0 Å². The zero-order valence-electron chi connectivity index (χ0n) is 9.90. The van der Waals surface area contributed by atoms with Gasteiger partial charge in [0.15, 0.2) is 0 Å².